The summed E-state index contributed by atoms with van der Waals surface area (Å²) in [5.41, 5.74) is 3.23. The molecule has 0 aromatic carbocycles. The highest BCUT2D eigenvalue weighted by Gasteiger charge is 2.15. The fourth-order valence-electron chi connectivity index (χ4n) is 1.84. The third-order valence-electron chi connectivity index (χ3n) is 2.71. The van der Waals surface area contributed by atoms with Crippen LogP contribution in [0, 0.1) is 13.8 Å². The SMILES string of the molecule is Cc1noc(C)c1-c1ncc2ncn(C)c2n1. The molecule has 0 saturated heterocycles. The lowest BCUT2D eigenvalue weighted by molar-refractivity contribution is 0.393. The maximum absolute atomic E-state index is 5.12. The second-order valence-electron chi connectivity index (χ2n) is 3.96. The molecule has 0 spiro atoms. The number of imidazole rings is 1. The van der Waals surface area contributed by atoms with E-state index in [9.17, 15) is 0 Å². The minimum atomic E-state index is 0.623. The van der Waals surface area contributed by atoms with E-state index in [0.717, 1.165) is 28.2 Å². The number of aromatic nitrogens is 5. The second kappa shape index (κ2) is 3.38. The van der Waals surface area contributed by atoms with E-state index in [0.29, 0.717) is 5.82 Å². The summed E-state index contributed by atoms with van der Waals surface area (Å²) in [6.45, 7) is 3.73. The van der Waals surface area contributed by atoms with Crippen molar-refractivity contribution in [3.05, 3.63) is 24.0 Å². The number of fused-ring (bicyclic) bond motifs is 1. The lowest BCUT2D eigenvalue weighted by Gasteiger charge is -1.99. The lowest BCUT2D eigenvalue weighted by atomic mass is 10.2. The molecule has 17 heavy (non-hydrogen) atoms. The Morgan fingerprint density at radius 1 is 1.24 bits per heavy atom. The van der Waals surface area contributed by atoms with Gasteiger partial charge in [-0.25, -0.2) is 15.0 Å². The van der Waals surface area contributed by atoms with Gasteiger partial charge in [-0.15, -0.1) is 0 Å². The van der Waals surface area contributed by atoms with Crippen LogP contribution in [0.4, 0.5) is 0 Å². The molecule has 6 heteroatoms. The lowest BCUT2D eigenvalue weighted by Crippen LogP contribution is -1.94. The molecule has 0 unspecified atom stereocenters. The highest BCUT2D eigenvalue weighted by molar-refractivity contribution is 5.73. The summed E-state index contributed by atoms with van der Waals surface area (Å²) in [4.78, 5) is 13.0. The van der Waals surface area contributed by atoms with E-state index in [-0.39, 0.29) is 0 Å². The van der Waals surface area contributed by atoms with Crippen LogP contribution in [0.15, 0.2) is 17.0 Å². The van der Waals surface area contributed by atoms with Crippen LogP contribution in [-0.4, -0.2) is 24.7 Å². The summed E-state index contributed by atoms with van der Waals surface area (Å²) in [5, 5.41) is 3.91. The first-order valence-corrected chi connectivity index (χ1v) is 5.24. The minimum Gasteiger partial charge on any atom is -0.361 e. The third kappa shape index (κ3) is 1.41. The summed E-state index contributed by atoms with van der Waals surface area (Å²) < 4.78 is 6.98. The van der Waals surface area contributed by atoms with E-state index in [1.165, 1.54) is 0 Å². The Morgan fingerprint density at radius 3 is 2.76 bits per heavy atom. The highest BCUT2D eigenvalue weighted by atomic mass is 16.5. The molecular weight excluding hydrogens is 218 g/mol. The van der Waals surface area contributed by atoms with E-state index in [1.807, 2.05) is 25.5 Å². The van der Waals surface area contributed by atoms with Gasteiger partial charge in [-0.05, 0) is 13.8 Å². The quantitative estimate of drug-likeness (QED) is 0.634. The minimum absolute atomic E-state index is 0.623. The van der Waals surface area contributed by atoms with E-state index in [4.69, 9.17) is 4.52 Å². The molecule has 6 nitrogen and oxygen atoms in total. The molecule has 0 atom stereocenters. The van der Waals surface area contributed by atoms with Crippen molar-refractivity contribution in [1.82, 2.24) is 24.7 Å². The van der Waals surface area contributed by atoms with Gasteiger partial charge in [0, 0.05) is 7.05 Å². The van der Waals surface area contributed by atoms with Crippen molar-refractivity contribution >= 4 is 11.2 Å². The number of rotatable bonds is 1. The molecule has 0 aliphatic heterocycles. The standard InChI is InChI=1S/C11H11N5O/c1-6-9(7(2)17-15-6)10-12-4-8-11(14-10)16(3)5-13-8/h4-5H,1-3H3. The first-order chi connectivity index (χ1) is 8.16. The summed E-state index contributed by atoms with van der Waals surface area (Å²) in [6, 6.07) is 0. The Balaban J connectivity index is 2.27. The Kier molecular flexibility index (Phi) is 1.98. The van der Waals surface area contributed by atoms with Gasteiger partial charge in [-0.2, -0.15) is 0 Å². The van der Waals surface area contributed by atoms with Crippen LogP contribution in [0.2, 0.25) is 0 Å². The van der Waals surface area contributed by atoms with Gasteiger partial charge >= 0.3 is 0 Å². The smallest absolute Gasteiger partial charge is 0.167 e. The molecule has 0 radical (unpaired) electrons. The molecule has 0 aliphatic rings. The fourth-order valence-corrected chi connectivity index (χ4v) is 1.84. The van der Waals surface area contributed by atoms with Crippen molar-refractivity contribution in [3.8, 4) is 11.4 Å². The second-order valence-corrected chi connectivity index (χ2v) is 3.96. The molecule has 0 amide bonds. The van der Waals surface area contributed by atoms with E-state index < -0.39 is 0 Å². The molecule has 0 bridgehead atoms. The predicted molar refractivity (Wildman–Crippen MR) is 61.3 cm³/mol. The van der Waals surface area contributed by atoms with Gasteiger partial charge in [0.25, 0.3) is 0 Å². The van der Waals surface area contributed by atoms with Crippen molar-refractivity contribution < 1.29 is 4.52 Å². The van der Waals surface area contributed by atoms with E-state index in [1.54, 1.807) is 12.5 Å². The monoisotopic (exact) mass is 229 g/mol. The van der Waals surface area contributed by atoms with Gasteiger partial charge in [0.05, 0.1) is 23.8 Å². The predicted octanol–water partition coefficient (Wildman–Crippen LogP) is 1.64. The van der Waals surface area contributed by atoms with Gasteiger partial charge in [-0.1, -0.05) is 5.16 Å². The topological polar surface area (TPSA) is 69.6 Å². The van der Waals surface area contributed by atoms with Crippen molar-refractivity contribution in [2.75, 3.05) is 0 Å². The average Bonchev–Trinajstić information content (AvgIpc) is 2.84. The van der Waals surface area contributed by atoms with Gasteiger partial charge < -0.3 is 9.09 Å². The zero-order chi connectivity index (χ0) is 12.0. The summed E-state index contributed by atoms with van der Waals surface area (Å²) in [7, 11) is 1.90. The Morgan fingerprint density at radius 2 is 2.06 bits per heavy atom. The maximum Gasteiger partial charge on any atom is 0.167 e. The fraction of sp³-hybridized carbons (Fsp3) is 0.273. The molecule has 0 N–H and O–H groups in total. The first kappa shape index (κ1) is 9.95. The van der Waals surface area contributed by atoms with Gasteiger partial charge in [0.1, 0.15) is 11.3 Å². The Labute approximate surface area is 97.3 Å². The van der Waals surface area contributed by atoms with Crippen LogP contribution in [0.3, 0.4) is 0 Å². The van der Waals surface area contributed by atoms with E-state index >= 15 is 0 Å². The number of nitrogens with zero attached hydrogens (tertiary/aromatic N) is 5. The zero-order valence-electron chi connectivity index (χ0n) is 9.80. The van der Waals surface area contributed by atoms with Crippen molar-refractivity contribution in [2.45, 2.75) is 13.8 Å². The number of aryl methyl sites for hydroxylation is 3. The molecular formula is C11H11N5O. The summed E-state index contributed by atoms with van der Waals surface area (Å²) >= 11 is 0. The van der Waals surface area contributed by atoms with Gasteiger partial charge in [0.2, 0.25) is 0 Å². The van der Waals surface area contributed by atoms with Crippen molar-refractivity contribution in [2.24, 2.45) is 7.05 Å². The molecule has 3 rings (SSSR count). The molecule has 0 aliphatic carbocycles. The number of hydrogen-bond donors (Lipinski definition) is 0. The summed E-state index contributed by atoms with van der Waals surface area (Å²) in [6.07, 6.45) is 3.43. The molecule has 86 valence electrons. The highest BCUT2D eigenvalue weighted by Crippen LogP contribution is 2.24. The molecule has 0 fully saturated rings. The summed E-state index contributed by atoms with van der Waals surface area (Å²) in [5.74, 6) is 1.35. The molecule has 0 saturated carbocycles. The van der Waals surface area contributed by atoms with Crippen LogP contribution in [-0.2, 0) is 7.05 Å². The van der Waals surface area contributed by atoms with E-state index in [2.05, 4.69) is 20.1 Å². The third-order valence-corrected chi connectivity index (χ3v) is 2.71. The van der Waals surface area contributed by atoms with Crippen LogP contribution < -0.4 is 0 Å². The number of hydrogen-bond acceptors (Lipinski definition) is 5. The Bertz CT molecular complexity index is 678. The van der Waals surface area contributed by atoms with Crippen LogP contribution >= 0.6 is 0 Å². The Hall–Kier alpha value is -2.24. The van der Waals surface area contributed by atoms with Gasteiger partial charge in [0.15, 0.2) is 11.5 Å². The normalized spacial score (nSPS) is 11.2. The van der Waals surface area contributed by atoms with Crippen molar-refractivity contribution in [3.63, 3.8) is 0 Å². The van der Waals surface area contributed by atoms with Crippen molar-refractivity contribution in [1.29, 1.82) is 0 Å². The van der Waals surface area contributed by atoms with Crippen LogP contribution in [0.1, 0.15) is 11.5 Å². The molecule has 3 heterocycles. The van der Waals surface area contributed by atoms with Crippen LogP contribution in [0.5, 0.6) is 0 Å². The molecule has 3 aromatic heterocycles. The van der Waals surface area contributed by atoms with Crippen LogP contribution in [0.25, 0.3) is 22.6 Å². The zero-order valence-corrected chi connectivity index (χ0v) is 9.80. The molecule has 3 aromatic rings. The maximum atomic E-state index is 5.12. The first-order valence-electron chi connectivity index (χ1n) is 5.24. The van der Waals surface area contributed by atoms with Gasteiger partial charge in [-0.3, -0.25) is 0 Å². The average molecular weight is 229 g/mol. The largest absolute Gasteiger partial charge is 0.361 e.